The van der Waals surface area contributed by atoms with Gasteiger partial charge in [0.25, 0.3) is 0 Å². The summed E-state index contributed by atoms with van der Waals surface area (Å²) in [5, 5.41) is 9.30. The predicted octanol–water partition coefficient (Wildman–Crippen LogP) is 3.47. The van der Waals surface area contributed by atoms with Gasteiger partial charge in [-0.05, 0) is 50.2 Å². The van der Waals surface area contributed by atoms with Crippen molar-refractivity contribution in [2.75, 3.05) is 6.54 Å². The first-order valence-electron chi connectivity index (χ1n) is 9.76. The van der Waals surface area contributed by atoms with Gasteiger partial charge in [0.1, 0.15) is 5.69 Å². The van der Waals surface area contributed by atoms with Crippen LogP contribution in [-0.4, -0.2) is 33.1 Å². The number of nitriles is 1. The maximum Gasteiger partial charge on any atom is 0.104 e. The van der Waals surface area contributed by atoms with Crippen LogP contribution < -0.4 is 5.73 Å². The third kappa shape index (κ3) is 4.78. The van der Waals surface area contributed by atoms with E-state index in [-0.39, 0.29) is 0 Å². The molecule has 27 heavy (non-hydrogen) atoms. The zero-order valence-electron chi connectivity index (χ0n) is 16.1. The molecule has 0 aliphatic heterocycles. The van der Waals surface area contributed by atoms with Gasteiger partial charge in [0, 0.05) is 31.9 Å². The van der Waals surface area contributed by atoms with Crippen molar-refractivity contribution in [1.29, 1.82) is 5.26 Å². The van der Waals surface area contributed by atoms with E-state index >= 15 is 0 Å². The van der Waals surface area contributed by atoms with E-state index in [4.69, 9.17) is 5.73 Å². The van der Waals surface area contributed by atoms with Crippen LogP contribution in [0.3, 0.4) is 0 Å². The second kappa shape index (κ2) is 8.88. The van der Waals surface area contributed by atoms with Gasteiger partial charge >= 0.3 is 0 Å². The highest BCUT2D eigenvalue weighted by atomic mass is 15.2. The molecule has 2 N–H and O–H groups in total. The summed E-state index contributed by atoms with van der Waals surface area (Å²) in [6, 6.07) is 11.0. The fourth-order valence-corrected chi connectivity index (χ4v) is 3.95. The molecule has 0 radical (unpaired) electrons. The van der Waals surface area contributed by atoms with Crippen molar-refractivity contribution in [3.8, 4) is 6.07 Å². The molecule has 1 aromatic heterocycles. The Labute approximate surface area is 162 Å². The molecule has 5 heteroatoms. The third-order valence-corrected chi connectivity index (χ3v) is 5.51. The summed E-state index contributed by atoms with van der Waals surface area (Å²) in [6.45, 7) is 5.27. The second-order valence-corrected chi connectivity index (χ2v) is 7.51. The van der Waals surface area contributed by atoms with Crippen LogP contribution in [0.2, 0.25) is 0 Å². The van der Waals surface area contributed by atoms with Gasteiger partial charge in [0.15, 0.2) is 0 Å². The molecule has 0 atom stereocenters. The topological polar surface area (TPSA) is 70.9 Å². The van der Waals surface area contributed by atoms with E-state index in [1.807, 2.05) is 42.3 Å². The Balaban J connectivity index is 1.69. The number of nitrogens with two attached hydrogens (primary N) is 1. The summed E-state index contributed by atoms with van der Waals surface area (Å²) in [5.74, 6) is 0. The van der Waals surface area contributed by atoms with Gasteiger partial charge in [0.05, 0.1) is 23.7 Å². The molecule has 142 valence electrons. The molecule has 1 aromatic carbocycles. The van der Waals surface area contributed by atoms with Gasteiger partial charge in [-0.15, -0.1) is 0 Å². The number of imidazole rings is 1. The third-order valence-electron chi connectivity index (χ3n) is 5.51. The highest BCUT2D eigenvalue weighted by Gasteiger charge is 2.26. The predicted molar refractivity (Wildman–Crippen MR) is 109 cm³/mol. The molecule has 0 bridgehead atoms. The normalized spacial score (nSPS) is 19.4. The lowest BCUT2D eigenvalue weighted by atomic mass is 9.90. The average molecular weight is 364 g/mol. The van der Waals surface area contributed by atoms with E-state index in [1.54, 1.807) is 0 Å². The van der Waals surface area contributed by atoms with Gasteiger partial charge in [-0.25, -0.2) is 4.98 Å². The van der Waals surface area contributed by atoms with E-state index in [9.17, 15) is 5.26 Å². The Hall–Kier alpha value is -2.58. The van der Waals surface area contributed by atoms with E-state index in [1.165, 1.54) is 0 Å². The minimum atomic E-state index is 0.328. The van der Waals surface area contributed by atoms with Crippen molar-refractivity contribution in [3.05, 3.63) is 60.2 Å². The highest BCUT2D eigenvalue weighted by molar-refractivity contribution is 5.58. The summed E-state index contributed by atoms with van der Waals surface area (Å²) < 4.78 is 1.96. The van der Waals surface area contributed by atoms with Gasteiger partial charge in [-0.3, -0.25) is 0 Å². The molecule has 1 fully saturated rings. The molecular formula is C22H29N5. The Kier molecular flexibility index (Phi) is 6.31. The van der Waals surface area contributed by atoms with Gasteiger partial charge in [0.2, 0.25) is 0 Å². The van der Waals surface area contributed by atoms with Crippen molar-refractivity contribution >= 4 is 5.70 Å². The molecule has 0 spiro atoms. The Morgan fingerprint density at radius 1 is 1.33 bits per heavy atom. The van der Waals surface area contributed by atoms with E-state index < -0.39 is 0 Å². The van der Waals surface area contributed by atoms with Crippen LogP contribution in [0.25, 0.3) is 5.70 Å². The van der Waals surface area contributed by atoms with Crippen molar-refractivity contribution in [2.24, 2.45) is 12.8 Å². The zero-order chi connectivity index (χ0) is 19.2. The van der Waals surface area contributed by atoms with Crippen molar-refractivity contribution in [1.82, 2.24) is 14.5 Å². The SMILES string of the molecule is C=C(c1cn(C)cn1)N(CCCc1ccccc1C#N)C1CCC(N)CC1. The Morgan fingerprint density at radius 2 is 2.07 bits per heavy atom. The number of benzene rings is 1. The Bertz CT molecular complexity index is 808. The minimum Gasteiger partial charge on any atom is -0.367 e. The van der Waals surface area contributed by atoms with Crippen LogP contribution in [0.5, 0.6) is 0 Å². The first kappa shape index (κ1) is 19.2. The van der Waals surface area contributed by atoms with Crippen molar-refractivity contribution in [2.45, 2.75) is 50.6 Å². The van der Waals surface area contributed by atoms with E-state index in [2.05, 4.69) is 28.6 Å². The summed E-state index contributed by atoms with van der Waals surface area (Å²) in [6.07, 6.45) is 10.0. The van der Waals surface area contributed by atoms with Gasteiger partial charge in [-0.2, -0.15) is 5.26 Å². The lowest BCUT2D eigenvalue weighted by Crippen LogP contribution is -2.40. The highest BCUT2D eigenvalue weighted by Crippen LogP contribution is 2.28. The molecule has 1 aliphatic rings. The lowest BCUT2D eigenvalue weighted by molar-refractivity contribution is 0.217. The van der Waals surface area contributed by atoms with Crippen LogP contribution in [-0.2, 0) is 13.5 Å². The molecule has 2 aromatic rings. The number of rotatable bonds is 7. The minimum absolute atomic E-state index is 0.328. The molecule has 0 unspecified atom stereocenters. The summed E-state index contributed by atoms with van der Waals surface area (Å²) in [5.41, 5.74) is 9.93. The largest absolute Gasteiger partial charge is 0.367 e. The van der Waals surface area contributed by atoms with Crippen LogP contribution >= 0.6 is 0 Å². The number of aromatic nitrogens is 2. The molecule has 1 heterocycles. The first-order valence-corrected chi connectivity index (χ1v) is 9.76. The smallest absolute Gasteiger partial charge is 0.104 e. The van der Waals surface area contributed by atoms with Crippen LogP contribution in [0.4, 0.5) is 0 Å². The molecule has 3 rings (SSSR count). The van der Waals surface area contributed by atoms with E-state index in [0.717, 1.165) is 67.6 Å². The standard InChI is InChI=1S/C22H29N5/c1-17(22-15-26(2)16-25-22)27(21-11-9-20(24)10-12-21)13-5-8-18-6-3-4-7-19(18)14-23/h3-4,6-7,15-16,20-21H,1,5,8-13,24H2,2H3. The number of nitrogens with zero attached hydrogens (tertiary/aromatic N) is 4. The molecule has 1 aliphatic carbocycles. The number of hydrogen-bond acceptors (Lipinski definition) is 4. The number of aryl methyl sites for hydroxylation is 2. The zero-order valence-corrected chi connectivity index (χ0v) is 16.1. The molecule has 1 saturated carbocycles. The number of hydrogen-bond donors (Lipinski definition) is 1. The molecular weight excluding hydrogens is 334 g/mol. The quantitative estimate of drug-likeness (QED) is 0.818. The molecule has 0 saturated heterocycles. The fraction of sp³-hybridized carbons (Fsp3) is 0.455. The van der Waals surface area contributed by atoms with Crippen molar-refractivity contribution in [3.63, 3.8) is 0 Å². The average Bonchev–Trinajstić information content (AvgIpc) is 3.12. The summed E-state index contributed by atoms with van der Waals surface area (Å²) in [7, 11) is 1.98. The maximum absolute atomic E-state index is 9.30. The van der Waals surface area contributed by atoms with Crippen LogP contribution in [0, 0.1) is 11.3 Å². The monoisotopic (exact) mass is 363 g/mol. The lowest BCUT2D eigenvalue weighted by Gasteiger charge is -2.38. The van der Waals surface area contributed by atoms with Gasteiger partial charge < -0.3 is 15.2 Å². The molecule has 5 nitrogen and oxygen atoms in total. The summed E-state index contributed by atoms with van der Waals surface area (Å²) >= 11 is 0. The maximum atomic E-state index is 9.30. The fourth-order valence-electron chi connectivity index (χ4n) is 3.95. The molecule has 0 amide bonds. The second-order valence-electron chi connectivity index (χ2n) is 7.51. The van der Waals surface area contributed by atoms with Crippen molar-refractivity contribution < 1.29 is 0 Å². The van der Waals surface area contributed by atoms with Gasteiger partial charge in [-0.1, -0.05) is 24.8 Å². The Morgan fingerprint density at radius 3 is 2.74 bits per heavy atom. The van der Waals surface area contributed by atoms with Crippen LogP contribution in [0.1, 0.15) is 48.9 Å². The van der Waals surface area contributed by atoms with Crippen LogP contribution in [0.15, 0.2) is 43.4 Å². The first-order chi connectivity index (χ1) is 13.1. The summed E-state index contributed by atoms with van der Waals surface area (Å²) in [4.78, 5) is 6.91. The van der Waals surface area contributed by atoms with E-state index in [0.29, 0.717) is 12.1 Å².